The van der Waals surface area contributed by atoms with Gasteiger partial charge in [-0.1, -0.05) is 25.7 Å². The highest BCUT2D eigenvalue weighted by Gasteiger charge is 2.44. The van der Waals surface area contributed by atoms with Crippen LogP contribution in [0, 0.1) is 5.41 Å². The summed E-state index contributed by atoms with van der Waals surface area (Å²) in [5.41, 5.74) is 0.138. The molecule has 1 aliphatic heterocycles. The molecular formula is C12H19NO2. The molecule has 1 aliphatic carbocycles. The third-order valence-corrected chi connectivity index (χ3v) is 3.87. The average Bonchev–Trinajstić information content (AvgIpc) is 2.36. The van der Waals surface area contributed by atoms with Gasteiger partial charge in [0.05, 0.1) is 0 Å². The van der Waals surface area contributed by atoms with Crippen molar-refractivity contribution in [2.45, 2.75) is 51.9 Å². The van der Waals surface area contributed by atoms with Gasteiger partial charge in [-0.2, -0.15) is 0 Å². The van der Waals surface area contributed by atoms with Crippen molar-refractivity contribution in [2.24, 2.45) is 5.41 Å². The second-order valence-corrected chi connectivity index (χ2v) is 5.09. The lowest BCUT2D eigenvalue weighted by atomic mass is 9.80. The van der Waals surface area contributed by atoms with Crippen LogP contribution in [0.5, 0.6) is 0 Å². The van der Waals surface area contributed by atoms with Gasteiger partial charge in [-0.3, -0.25) is 14.5 Å². The molecule has 0 aromatic rings. The zero-order valence-corrected chi connectivity index (χ0v) is 9.42. The normalized spacial score (nSPS) is 25.7. The summed E-state index contributed by atoms with van der Waals surface area (Å²) in [6, 6.07) is 0. The van der Waals surface area contributed by atoms with Crippen molar-refractivity contribution < 1.29 is 9.59 Å². The van der Waals surface area contributed by atoms with Crippen molar-refractivity contribution in [1.82, 2.24) is 4.90 Å². The Morgan fingerprint density at radius 2 is 1.80 bits per heavy atom. The van der Waals surface area contributed by atoms with Gasteiger partial charge in [0.25, 0.3) is 0 Å². The minimum atomic E-state index is -0.0823. The van der Waals surface area contributed by atoms with Gasteiger partial charge in [-0.15, -0.1) is 0 Å². The van der Waals surface area contributed by atoms with Crippen LogP contribution in [0.15, 0.2) is 0 Å². The predicted molar refractivity (Wildman–Crippen MR) is 57.1 cm³/mol. The van der Waals surface area contributed by atoms with Crippen molar-refractivity contribution >= 4 is 11.8 Å². The van der Waals surface area contributed by atoms with E-state index in [0.717, 1.165) is 12.8 Å². The third kappa shape index (κ3) is 2.06. The van der Waals surface area contributed by atoms with Gasteiger partial charge in [0.15, 0.2) is 0 Å². The molecule has 0 bridgehead atoms. The number of hydrogen-bond donors (Lipinski definition) is 0. The highest BCUT2D eigenvalue weighted by molar-refractivity contribution is 5.96. The lowest BCUT2D eigenvalue weighted by molar-refractivity contribution is -0.140. The van der Waals surface area contributed by atoms with E-state index in [0.29, 0.717) is 13.0 Å². The topological polar surface area (TPSA) is 37.4 Å². The van der Waals surface area contributed by atoms with Crippen molar-refractivity contribution in [3.8, 4) is 0 Å². The van der Waals surface area contributed by atoms with E-state index in [1.807, 2.05) is 0 Å². The molecule has 0 N–H and O–H groups in total. The maximum atomic E-state index is 11.7. The molecule has 1 saturated carbocycles. The van der Waals surface area contributed by atoms with Gasteiger partial charge in [0.1, 0.15) is 0 Å². The number of carbonyl (C=O) groups is 2. The van der Waals surface area contributed by atoms with Gasteiger partial charge in [-0.25, -0.2) is 0 Å². The smallest absolute Gasteiger partial charge is 0.229 e. The molecule has 1 spiro atoms. The summed E-state index contributed by atoms with van der Waals surface area (Å²) in [6.45, 7) is 2.18. The van der Waals surface area contributed by atoms with Crippen molar-refractivity contribution in [3.05, 3.63) is 0 Å². The van der Waals surface area contributed by atoms with Crippen LogP contribution in [0.25, 0.3) is 0 Å². The fourth-order valence-corrected chi connectivity index (χ4v) is 3.00. The Labute approximate surface area is 90.8 Å². The van der Waals surface area contributed by atoms with Crippen molar-refractivity contribution in [3.63, 3.8) is 0 Å². The molecule has 0 aromatic heterocycles. The average molecular weight is 209 g/mol. The van der Waals surface area contributed by atoms with E-state index < -0.39 is 0 Å². The summed E-state index contributed by atoms with van der Waals surface area (Å²) in [5.74, 6) is -0.0366. The first kappa shape index (κ1) is 10.7. The van der Waals surface area contributed by atoms with Crippen LogP contribution in [0.1, 0.15) is 51.9 Å². The summed E-state index contributed by atoms with van der Waals surface area (Å²) in [7, 11) is 0. The molecule has 2 rings (SSSR count). The Morgan fingerprint density at radius 1 is 1.20 bits per heavy atom. The van der Waals surface area contributed by atoms with E-state index in [9.17, 15) is 9.59 Å². The molecule has 0 radical (unpaired) electrons. The first-order valence-electron chi connectivity index (χ1n) is 5.94. The number of hydrogen-bond acceptors (Lipinski definition) is 2. The number of rotatable bonds is 0. The summed E-state index contributed by atoms with van der Waals surface area (Å²) < 4.78 is 0. The van der Waals surface area contributed by atoms with E-state index >= 15 is 0 Å². The monoisotopic (exact) mass is 209 g/mol. The van der Waals surface area contributed by atoms with Gasteiger partial charge in [-0.05, 0) is 18.3 Å². The number of likely N-dealkylation sites (tertiary alicyclic amines) is 1. The van der Waals surface area contributed by atoms with Gasteiger partial charge < -0.3 is 0 Å². The van der Waals surface area contributed by atoms with Crippen molar-refractivity contribution in [2.75, 3.05) is 6.54 Å². The lowest BCUT2D eigenvalue weighted by Crippen LogP contribution is -2.32. The number of nitrogens with zero attached hydrogens (tertiary/aromatic N) is 1. The van der Waals surface area contributed by atoms with Crippen LogP contribution < -0.4 is 0 Å². The molecule has 3 heteroatoms. The molecule has 2 aliphatic rings. The molecule has 2 amide bonds. The molecule has 84 valence electrons. The van der Waals surface area contributed by atoms with Gasteiger partial charge in [0.2, 0.25) is 11.8 Å². The van der Waals surface area contributed by atoms with Crippen LogP contribution >= 0.6 is 0 Å². The summed E-state index contributed by atoms with van der Waals surface area (Å²) >= 11 is 0. The SMILES string of the molecule is CC(=O)N1CC2(CCCCCC2)CC1=O. The van der Waals surface area contributed by atoms with E-state index in [1.54, 1.807) is 0 Å². The van der Waals surface area contributed by atoms with Crippen LogP contribution in [-0.2, 0) is 9.59 Å². The first-order valence-corrected chi connectivity index (χ1v) is 5.94. The maximum absolute atomic E-state index is 11.7. The van der Waals surface area contributed by atoms with Crippen LogP contribution in [0.3, 0.4) is 0 Å². The Bertz CT molecular complexity index is 277. The Morgan fingerprint density at radius 3 is 2.27 bits per heavy atom. The molecule has 0 atom stereocenters. The third-order valence-electron chi connectivity index (χ3n) is 3.87. The minimum Gasteiger partial charge on any atom is -0.282 e. The summed E-state index contributed by atoms with van der Waals surface area (Å²) in [6.07, 6.45) is 7.88. The Kier molecular flexibility index (Phi) is 2.81. The lowest BCUT2D eigenvalue weighted by Gasteiger charge is -2.26. The maximum Gasteiger partial charge on any atom is 0.229 e. The Balaban J connectivity index is 2.10. The molecule has 2 fully saturated rings. The fourth-order valence-electron chi connectivity index (χ4n) is 3.00. The fraction of sp³-hybridized carbons (Fsp3) is 0.833. The number of amides is 2. The largest absolute Gasteiger partial charge is 0.282 e. The Hall–Kier alpha value is -0.860. The second-order valence-electron chi connectivity index (χ2n) is 5.09. The molecule has 15 heavy (non-hydrogen) atoms. The first-order chi connectivity index (χ1) is 7.13. The number of imide groups is 1. The van der Waals surface area contributed by atoms with Crippen LogP contribution in [0.4, 0.5) is 0 Å². The summed E-state index contributed by atoms with van der Waals surface area (Å²) in [5, 5.41) is 0. The molecular weight excluding hydrogens is 190 g/mol. The van der Waals surface area contributed by atoms with Crippen LogP contribution in [-0.4, -0.2) is 23.3 Å². The molecule has 1 saturated heterocycles. The molecule has 1 heterocycles. The van der Waals surface area contributed by atoms with E-state index in [-0.39, 0.29) is 17.2 Å². The minimum absolute atomic E-state index is 0.0457. The molecule has 0 aromatic carbocycles. The zero-order valence-electron chi connectivity index (χ0n) is 9.42. The predicted octanol–water partition coefficient (Wildman–Crippen LogP) is 2.11. The van der Waals surface area contributed by atoms with Gasteiger partial charge >= 0.3 is 0 Å². The molecule has 3 nitrogen and oxygen atoms in total. The van der Waals surface area contributed by atoms with Crippen molar-refractivity contribution in [1.29, 1.82) is 0 Å². The highest BCUT2D eigenvalue weighted by atomic mass is 16.2. The quantitative estimate of drug-likeness (QED) is 0.612. The van der Waals surface area contributed by atoms with E-state index in [4.69, 9.17) is 0 Å². The second kappa shape index (κ2) is 3.95. The molecule has 0 unspecified atom stereocenters. The standard InChI is InChI=1S/C12H19NO2/c1-10(14)13-9-12(8-11(13)15)6-4-2-3-5-7-12/h2-9H2,1H3. The zero-order chi connectivity index (χ0) is 10.9. The van der Waals surface area contributed by atoms with Crippen LogP contribution in [0.2, 0.25) is 0 Å². The number of carbonyl (C=O) groups excluding carboxylic acids is 2. The van der Waals surface area contributed by atoms with E-state index in [1.165, 1.54) is 37.5 Å². The van der Waals surface area contributed by atoms with Gasteiger partial charge in [0, 0.05) is 19.9 Å². The summed E-state index contributed by atoms with van der Waals surface area (Å²) in [4.78, 5) is 24.4. The highest BCUT2D eigenvalue weighted by Crippen LogP contribution is 2.43. The van der Waals surface area contributed by atoms with E-state index in [2.05, 4.69) is 0 Å².